The van der Waals surface area contributed by atoms with Crippen molar-refractivity contribution in [1.82, 2.24) is 0 Å². The van der Waals surface area contributed by atoms with E-state index in [1.807, 2.05) is 0 Å². The van der Waals surface area contributed by atoms with Gasteiger partial charge in [-0.2, -0.15) is 0 Å². The zero-order valence-corrected chi connectivity index (χ0v) is 11.5. The Labute approximate surface area is 116 Å². The van der Waals surface area contributed by atoms with Crippen LogP contribution in [0.2, 0.25) is 0 Å². The number of azide groups is 1. The molecule has 0 aromatic heterocycles. The summed E-state index contributed by atoms with van der Waals surface area (Å²) in [6.07, 6.45) is 0. The van der Waals surface area contributed by atoms with Crippen molar-refractivity contribution in [2.45, 2.75) is 0 Å². The number of halogens is 1. The van der Waals surface area contributed by atoms with Gasteiger partial charge in [0.25, 0.3) is 0 Å². The summed E-state index contributed by atoms with van der Waals surface area (Å²) in [4.78, 5) is 25.9. The van der Waals surface area contributed by atoms with Crippen LogP contribution < -0.4 is 0 Å². The van der Waals surface area contributed by atoms with Crippen LogP contribution in [0.5, 0.6) is 0 Å². The first-order valence-electron chi connectivity index (χ1n) is 4.74. The number of carbonyl (C=O) groups excluding carboxylic acids is 2. The Bertz CT molecular complexity index is 548. The van der Waals surface area contributed by atoms with Gasteiger partial charge in [0.15, 0.2) is 5.78 Å². The highest BCUT2D eigenvalue weighted by molar-refractivity contribution is 14.1. The highest BCUT2D eigenvalue weighted by atomic mass is 127. The van der Waals surface area contributed by atoms with Gasteiger partial charge in [0.05, 0.1) is 10.7 Å². The number of allylic oxidation sites excluding steroid dienone is 1. The minimum atomic E-state index is -0.846. The van der Waals surface area contributed by atoms with Crippen molar-refractivity contribution in [2.24, 2.45) is 5.11 Å². The molecule has 18 heavy (non-hydrogen) atoms. The maximum Gasteiger partial charge on any atom is 0.341 e. The smallest absolute Gasteiger partial charge is 0.341 e. The van der Waals surface area contributed by atoms with Crippen LogP contribution in [0.15, 0.2) is 44.7 Å². The molecule has 0 saturated heterocycles. The molecular weight excluding hydrogens is 349 g/mol. The Balaban J connectivity index is 3.24. The van der Waals surface area contributed by atoms with Crippen molar-refractivity contribution < 1.29 is 14.3 Å². The molecule has 0 amide bonds. The van der Waals surface area contributed by atoms with E-state index in [1.54, 1.807) is 52.9 Å². The predicted molar refractivity (Wildman–Crippen MR) is 73.0 cm³/mol. The SMILES string of the molecule is COC(=O)/C(N=[N+]=[N-])=C(\I)C(=O)c1ccccc1. The highest BCUT2D eigenvalue weighted by Crippen LogP contribution is 2.21. The van der Waals surface area contributed by atoms with Crippen LogP contribution in [0.1, 0.15) is 10.4 Å². The summed E-state index contributed by atoms with van der Waals surface area (Å²) in [5.74, 6) is -1.24. The fourth-order valence-electron chi connectivity index (χ4n) is 1.14. The van der Waals surface area contributed by atoms with E-state index in [9.17, 15) is 9.59 Å². The van der Waals surface area contributed by atoms with Gasteiger partial charge in [-0.1, -0.05) is 35.4 Å². The number of carbonyl (C=O) groups is 2. The first-order valence-corrected chi connectivity index (χ1v) is 5.82. The molecule has 0 fully saturated rings. The fraction of sp³-hybridized carbons (Fsp3) is 0.0909. The molecule has 0 aliphatic rings. The Kier molecular flexibility index (Phi) is 5.34. The van der Waals surface area contributed by atoms with Crippen LogP contribution in [-0.4, -0.2) is 18.9 Å². The van der Waals surface area contributed by atoms with Crippen molar-refractivity contribution >= 4 is 34.3 Å². The van der Waals surface area contributed by atoms with Gasteiger partial charge in [0, 0.05) is 10.5 Å². The monoisotopic (exact) mass is 357 g/mol. The summed E-state index contributed by atoms with van der Waals surface area (Å²) in [7, 11) is 1.14. The third-order valence-corrected chi connectivity index (χ3v) is 2.97. The summed E-state index contributed by atoms with van der Waals surface area (Å²) >= 11 is 1.66. The minimum Gasteiger partial charge on any atom is -0.465 e. The third-order valence-electron chi connectivity index (χ3n) is 1.97. The molecule has 1 aromatic rings. The first kappa shape index (κ1) is 14.2. The van der Waals surface area contributed by atoms with Crippen LogP contribution in [0.25, 0.3) is 10.4 Å². The number of hydrogen-bond acceptors (Lipinski definition) is 4. The molecule has 0 unspecified atom stereocenters. The maximum absolute atomic E-state index is 12.0. The number of ether oxygens (including phenoxy) is 1. The molecule has 0 aliphatic heterocycles. The second kappa shape index (κ2) is 6.77. The molecule has 0 spiro atoms. The second-order valence-corrected chi connectivity index (χ2v) is 4.12. The summed E-state index contributed by atoms with van der Waals surface area (Å²) < 4.78 is 4.47. The molecule has 0 aliphatic carbocycles. The van der Waals surface area contributed by atoms with Gasteiger partial charge >= 0.3 is 5.97 Å². The standard InChI is InChI=1S/C11H8IN3O3/c1-18-11(17)9(14-15-13)8(12)10(16)7-5-3-2-4-6-7/h2-6H,1H3/b9-8+. The van der Waals surface area contributed by atoms with Crippen molar-refractivity contribution in [2.75, 3.05) is 7.11 Å². The molecule has 92 valence electrons. The lowest BCUT2D eigenvalue weighted by Gasteiger charge is -2.03. The van der Waals surface area contributed by atoms with E-state index < -0.39 is 11.8 Å². The summed E-state index contributed by atoms with van der Waals surface area (Å²) in [6.45, 7) is 0. The summed E-state index contributed by atoms with van der Waals surface area (Å²) in [6, 6.07) is 8.37. The normalized spacial score (nSPS) is 11.0. The summed E-state index contributed by atoms with van der Waals surface area (Å²) in [5, 5.41) is 3.20. The topological polar surface area (TPSA) is 92.1 Å². The molecule has 0 N–H and O–H groups in total. The molecule has 1 aromatic carbocycles. The Morgan fingerprint density at radius 3 is 2.44 bits per heavy atom. The molecule has 1 rings (SSSR count). The van der Waals surface area contributed by atoms with E-state index in [0.29, 0.717) is 5.56 Å². The van der Waals surface area contributed by atoms with Crippen LogP contribution >= 0.6 is 22.6 Å². The van der Waals surface area contributed by atoms with E-state index in [-0.39, 0.29) is 9.28 Å². The van der Waals surface area contributed by atoms with Gasteiger partial charge in [0.1, 0.15) is 5.70 Å². The molecule has 0 radical (unpaired) electrons. The maximum atomic E-state index is 12.0. The lowest BCUT2D eigenvalue weighted by atomic mass is 10.1. The largest absolute Gasteiger partial charge is 0.465 e. The van der Waals surface area contributed by atoms with Crippen molar-refractivity contribution in [3.63, 3.8) is 0 Å². The summed E-state index contributed by atoms with van der Waals surface area (Å²) in [5.41, 5.74) is 8.45. The highest BCUT2D eigenvalue weighted by Gasteiger charge is 2.19. The number of ketones is 1. The van der Waals surface area contributed by atoms with Crippen molar-refractivity contribution in [3.05, 3.63) is 55.6 Å². The second-order valence-electron chi connectivity index (χ2n) is 3.04. The number of rotatable bonds is 4. The van der Waals surface area contributed by atoms with Gasteiger partial charge in [-0.25, -0.2) is 4.79 Å². The van der Waals surface area contributed by atoms with E-state index in [2.05, 4.69) is 14.8 Å². The Morgan fingerprint density at radius 1 is 1.33 bits per heavy atom. The van der Waals surface area contributed by atoms with Gasteiger partial charge in [-0.15, -0.1) is 0 Å². The lowest BCUT2D eigenvalue weighted by molar-refractivity contribution is -0.136. The minimum absolute atomic E-state index is 0.0171. The average molecular weight is 357 g/mol. The number of Topliss-reactive ketones (excluding diaryl/α,β-unsaturated/α-hetero) is 1. The molecular formula is C11H8IN3O3. The zero-order chi connectivity index (χ0) is 13.5. The molecule has 0 saturated carbocycles. The van der Waals surface area contributed by atoms with Crippen LogP contribution in [0.4, 0.5) is 0 Å². The number of nitrogens with zero attached hydrogens (tertiary/aromatic N) is 3. The predicted octanol–water partition coefficient (Wildman–Crippen LogP) is 3.00. The third kappa shape index (κ3) is 3.31. The quantitative estimate of drug-likeness (QED) is 0.158. The number of benzene rings is 1. The Morgan fingerprint density at radius 2 is 1.94 bits per heavy atom. The van der Waals surface area contributed by atoms with E-state index in [0.717, 1.165) is 7.11 Å². The molecule has 6 nitrogen and oxygen atoms in total. The van der Waals surface area contributed by atoms with E-state index >= 15 is 0 Å². The van der Waals surface area contributed by atoms with Crippen LogP contribution in [0, 0.1) is 0 Å². The van der Waals surface area contributed by atoms with Crippen molar-refractivity contribution in [1.29, 1.82) is 0 Å². The van der Waals surface area contributed by atoms with Crippen molar-refractivity contribution in [3.8, 4) is 0 Å². The van der Waals surface area contributed by atoms with E-state index in [4.69, 9.17) is 5.53 Å². The van der Waals surface area contributed by atoms with Gasteiger partial charge < -0.3 is 4.74 Å². The van der Waals surface area contributed by atoms with E-state index in [1.165, 1.54) is 0 Å². The Hall–Kier alpha value is -1.86. The lowest BCUT2D eigenvalue weighted by Crippen LogP contribution is -2.09. The fourth-order valence-corrected chi connectivity index (χ4v) is 1.78. The number of methoxy groups -OCH3 is 1. The molecule has 7 heteroatoms. The van der Waals surface area contributed by atoms with Crippen LogP contribution in [0.3, 0.4) is 0 Å². The molecule has 0 bridgehead atoms. The van der Waals surface area contributed by atoms with Gasteiger partial charge in [0.2, 0.25) is 0 Å². The van der Waals surface area contributed by atoms with Gasteiger partial charge in [-0.05, 0) is 28.1 Å². The van der Waals surface area contributed by atoms with Crippen LogP contribution in [-0.2, 0) is 9.53 Å². The average Bonchev–Trinajstić information content (AvgIpc) is 2.43. The van der Waals surface area contributed by atoms with Gasteiger partial charge in [-0.3, -0.25) is 4.79 Å². The number of esters is 1. The first-order chi connectivity index (χ1) is 8.61. The molecule has 0 atom stereocenters. The number of hydrogen-bond donors (Lipinski definition) is 0. The molecule has 0 heterocycles. The zero-order valence-electron chi connectivity index (χ0n) is 9.33.